The van der Waals surface area contributed by atoms with Crippen molar-refractivity contribution >= 4 is 29.2 Å². The van der Waals surface area contributed by atoms with Gasteiger partial charge in [-0.15, -0.1) is 0 Å². The highest BCUT2D eigenvalue weighted by molar-refractivity contribution is 9.10. The Morgan fingerprint density at radius 1 is 1.05 bits per heavy atom. The van der Waals surface area contributed by atoms with Crippen LogP contribution in [0.2, 0.25) is 18.1 Å². The van der Waals surface area contributed by atoms with Gasteiger partial charge in [-0.1, -0.05) is 65.7 Å². The van der Waals surface area contributed by atoms with E-state index in [9.17, 15) is 5.11 Å². The number of halogens is 1. The standard InChI is InChI=1S/C16H27BrOSi/c1-7-19(8-2,9-3)14-11-12(16(4,5)6)10-13(17)15(14)18/h10-11,18H,7-9H2,1-6H3. The molecule has 1 nitrogen and oxygen atoms in total. The van der Waals surface area contributed by atoms with Crippen LogP contribution in [0.1, 0.15) is 47.1 Å². The molecule has 1 aromatic rings. The zero-order valence-corrected chi connectivity index (χ0v) is 15.7. The summed E-state index contributed by atoms with van der Waals surface area (Å²) in [6.45, 7) is 13.5. The summed E-state index contributed by atoms with van der Waals surface area (Å²) < 4.78 is 0.849. The van der Waals surface area contributed by atoms with Crippen molar-refractivity contribution in [1.29, 1.82) is 0 Å². The number of hydrogen-bond acceptors (Lipinski definition) is 1. The van der Waals surface area contributed by atoms with E-state index in [0.29, 0.717) is 5.75 Å². The molecule has 0 saturated heterocycles. The number of aromatic hydroxyl groups is 1. The molecule has 0 aromatic heterocycles. The largest absolute Gasteiger partial charge is 0.507 e. The Bertz CT molecular complexity index is 437. The molecule has 1 aromatic carbocycles. The van der Waals surface area contributed by atoms with Crippen LogP contribution in [0.25, 0.3) is 0 Å². The molecule has 0 bridgehead atoms. The number of benzene rings is 1. The molecule has 0 aliphatic heterocycles. The van der Waals surface area contributed by atoms with Crippen LogP contribution in [-0.4, -0.2) is 13.2 Å². The fourth-order valence-electron chi connectivity index (χ4n) is 2.76. The van der Waals surface area contributed by atoms with E-state index >= 15 is 0 Å². The van der Waals surface area contributed by atoms with Crippen molar-refractivity contribution in [2.75, 3.05) is 0 Å². The molecular weight excluding hydrogens is 316 g/mol. The third-order valence-corrected chi connectivity index (χ3v) is 10.7. The van der Waals surface area contributed by atoms with Gasteiger partial charge in [0.15, 0.2) is 0 Å². The molecule has 0 fully saturated rings. The van der Waals surface area contributed by atoms with E-state index in [1.54, 1.807) is 0 Å². The van der Waals surface area contributed by atoms with Crippen LogP contribution in [0.3, 0.4) is 0 Å². The van der Waals surface area contributed by atoms with E-state index in [0.717, 1.165) is 4.47 Å². The highest BCUT2D eigenvalue weighted by Crippen LogP contribution is 2.34. The second-order valence-electron chi connectivity index (χ2n) is 6.45. The maximum Gasteiger partial charge on any atom is 0.129 e. The lowest BCUT2D eigenvalue weighted by atomic mass is 9.87. The molecule has 0 atom stereocenters. The van der Waals surface area contributed by atoms with Crippen molar-refractivity contribution in [2.24, 2.45) is 0 Å². The highest BCUT2D eigenvalue weighted by atomic mass is 79.9. The molecule has 0 amide bonds. The molecule has 1 rings (SSSR count). The van der Waals surface area contributed by atoms with Gasteiger partial charge in [0.25, 0.3) is 0 Å². The second-order valence-corrected chi connectivity index (χ2v) is 12.5. The molecule has 0 aliphatic rings. The van der Waals surface area contributed by atoms with Gasteiger partial charge < -0.3 is 5.11 Å². The molecule has 19 heavy (non-hydrogen) atoms. The van der Waals surface area contributed by atoms with Crippen molar-refractivity contribution in [3.8, 4) is 5.75 Å². The molecule has 0 aliphatic carbocycles. The summed E-state index contributed by atoms with van der Waals surface area (Å²) >= 11 is 3.54. The molecule has 0 unspecified atom stereocenters. The van der Waals surface area contributed by atoms with Gasteiger partial charge in [0.1, 0.15) is 5.75 Å². The first-order valence-corrected chi connectivity index (χ1v) is 10.7. The van der Waals surface area contributed by atoms with E-state index in [1.807, 2.05) is 0 Å². The molecule has 0 heterocycles. The Balaban J connectivity index is 3.54. The second kappa shape index (κ2) is 6.00. The monoisotopic (exact) mass is 342 g/mol. The van der Waals surface area contributed by atoms with Crippen LogP contribution in [0.5, 0.6) is 5.75 Å². The van der Waals surface area contributed by atoms with E-state index in [4.69, 9.17) is 0 Å². The maximum absolute atomic E-state index is 10.5. The van der Waals surface area contributed by atoms with Crippen molar-refractivity contribution in [3.05, 3.63) is 22.2 Å². The van der Waals surface area contributed by atoms with Crippen LogP contribution in [0.4, 0.5) is 0 Å². The van der Waals surface area contributed by atoms with Crippen molar-refractivity contribution in [1.82, 2.24) is 0 Å². The lowest BCUT2D eigenvalue weighted by molar-refractivity contribution is 0.474. The Hall–Kier alpha value is -0.283. The average molecular weight is 343 g/mol. The normalized spacial score (nSPS) is 12.8. The molecule has 1 N–H and O–H groups in total. The minimum atomic E-state index is -1.56. The van der Waals surface area contributed by atoms with Crippen molar-refractivity contribution < 1.29 is 5.11 Å². The average Bonchev–Trinajstić information content (AvgIpc) is 2.35. The lowest BCUT2D eigenvalue weighted by Crippen LogP contribution is -2.46. The van der Waals surface area contributed by atoms with Crippen LogP contribution in [-0.2, 0) is 5.41 Å². The molecule has 0 radical (unpaired) electrons. The van der Waals surface area contributed by atoms with Gasteiger partial charge in [0, 0.05) is 0 Å². The Morgan fingerprint density at radius 2 is 1.53 bits per heavy atom. The zero-order chi connectivity index (χ0) is 14.8. The van der Waals surface area contributed by atoms with E-state index in [-0.39, 0.29) is 5.41 Å². The van der Waals surface area contributed by atoms with Crippen LogP contribution in [0, 0.1) is 0 Å². The van der Waals surface area contributed by atoms with Crippen LogP contribution >= 0.6 is 15.9 Å². The molecule has 0 spiro atoms. The maximum atomic E-state index is 10.5. The topological polar surface area (TPSA) is 20.2 Å². The predicted molar refractivity (Wildman–Crippen MR) is 91.3 cm³/mol. The molecule has 0 saturated carbocycles. The van der Waals surface area contributed by atoms with Gasteiger partial charge in [-0.2, -0.15) is 0 Å². The van der Waals surface area contributed by atoms with Crippen molar-refractivity contribution in [3.63, 3.8) is 0 Å². The summed E-state index contributed by atoms with van der Waals surface area (Å²) in [6.07, 6.45) is 0. The molecule has 3 heteroatoms. The first-order valence-electron chi connectivity index (χ1n) is 7.25. The van der Waals surface area contributed by atoms with Crippen LogP contribution in [0.15, 0.2) is 16.6 Å². The summed E-state index contributed by atoms with van der Waals surface area (Å²) in [5, 5.41) is 11.7. The third kappa shape index (κ3) is 3.25. The highest BCUT2D eigenvalue weighted by Gasteiger charge is 2.33. The molecular formula is C16H27BrOSi. The fourth-order valence-corrected chi connectivity index (χ4v) is 7.14. The number of phenolic OH excluding ortho intramolecular Hbond substituents is 1. The Morgan fingerprint density at radius 3 is 1.89 bits per heavy atom. The third-order valence-electron chi connectivity index (χ3n) is 4.53. The van der Waals surface area contributed by atoms with Gasteiger partial charge in [0.05, 0.1) is 12.5 Å². The van der Waals surface area contributed by atoms with Gasteiger partial charge in [-0.3, -0.25) is 0 Å². The number of phenols is 1. The van der Waals surface area contributed by atoms with Gasteiger partial charge in [-0.05, 0) is 38.2 Å². The minimum absolute atomic E-state index is 0.111. The van der Waals surface area contributed by atoms with Crippen molar-refractivity contribution in [2.45, 2.75) is 65.1 Å². The first-order chi connectivity index (χ1) is 8.71. The van der Waals surface area contributed by atoms with Crippen LogP contribution < -0.4 is 5.19 Å². The van der Waals surface area contributed by atoms with Gasteiger partial charge in [-0.25, -0.2) is 0 Å². The predicted octanol–water partition coefficient (Wildman–Crippen LogP) is 5.17. The summed E-state index contributed by atoms with van der Waals surface area (Å²) in [5.41, 5.74) is 1.42. The van der Waals surface area contributed by atoms with Gasteiger partial charge >= 0.3 is 0 Å². The fraction of sp³-hybridized carbons (Fsp3) is 0.625. The summed E-state index contributed by atoms with van der Waals surface area (Å²) in [4.78, 5) is 0. The smallest absolute Gasteiger partial charge is 0.129 e. The van der Waals surface area contributed by atoms with E-state index in [1.165, 1.54) is 28.9 Å². The quantitative estimate of drug-likeness (QED) is 0.748. The summed E-state index contributed by atoms with van der Waals surface area (Å²) in [7, 11) is -1.56. The zero-order valence-electron chi connectivity index (χ0n) is 13.1. The first kappa shape index (κ1) is 16.8. The molecule has 108 valence electrons. The Labute approximate surface area is 127 Å². The minimum Gasteiger partial charge on any atom is -0.507 e. The van der Waals surface area contributed by atoms with Gasteiger partial charge in [0.2, 0.25) is 0 Å². The SMILES string of the molecule is CC[Si](CC)(CC)c1cc(C(C)(C)C)cc(Br)c1O. The summed E-state index contributed by atoms with van der Waals surface area (Å²) in [6, 6.07) is 7.90. The van der Waals surface area contributed by atoms with E-state index < -0.39 is 8.07 Å². The number of hydrogen-bond donors (Lipinski definition) is 1. The van der Waals surface area contributed by atoms with E-state index in [2.05, 4.69) is 69.6 Å². The lowest BCUT2D eigenvalue weighted by Gasteiger charge is -2.32. The Kier molecular flexibility index (Phi) is 5.30. The number of rotatable bonds is 4. The summed E-state index contributed by atoms with van der Waals surface area (Å²) in [5.74, 6) is 0.477.